The first-order valence-corrected chi connectivity index (χ1v) is 2.64. The monoisotopic (exact) mass is 100 g/mol. The SMILES string of the molecule is CSC=NC#N. The second-order valence-electron chi connectivity index (χ2n) is 0.570. The van der Waals surface area contributed by atoms with Gasteiger partial charge in [0, 0.05) is 0 Å². The zero-order valence-electron chi connectivity index (χ0n) is 3.38. The maximum absolute atomic E-state index is 7.74. The lowest BCUT2D eigenvalue weighted by atomic mass is 11.3. The van der Waals surface area contributed by atoms with Gasteiger partial charge in [0.05, 0.1) is 5.55 Å². The molecule has 0 unspecified atom stereocenters. The fraction of sp³-hybridized carbons (Fsp3) is 0.333. The van der Waals surface area contributed by atoms with Crippen LogP contribution in [0.4, 0.5) is 0 Å². The van der Waals surface area contributed by atoms with Gasteiger partial charge < -0.3 is 0 Å². The van der Waals surface area contributed by atoms with Crippen LogP contribution in [0.15, 0.2) is 4.99 Å². The van der Waals surface area contributed by atoms with Crippen LogP contribution >= 0.6 is 11.8 Å². The van der Waals surface area contributed by atoms with E-state index in [1.54, 1.807) is 6.19 Å². The van der Waals surface area contributed by atoms with Gasteiger partial charge in [0.25, 0.3) is 0 Å². The van der Waals surface area contributed by atoms with Gasteiger partial charge in [-0.05, 0) is 6.26 Å². The van der Waals surface area contributed by atoms with E-state index in [1.807, 2.05) is 6.26 Å². The van der Waals surface area contributed by atoms with Crippen molar-refractivity contribution in [3.8, 4) is 6.19 Å². The van der Waals surface area contributed by atoms with Crippen molar-refractivity contribution < 1.29 is 0 Å². The lowest BCUT2D eigenvalue weighted by Crippen LogP contribution is -1.52. The molecule has 0 aliphatic carbocycles. The summed E-state index contributed by atoms with van der Waals surface area (Å²) in [5.74, 6) is 0. The third kappa shape index (κ3) is 3.51. The Bertz CT molecular complexity index is 81.3. The van der Waals surface area contributed by atoms with Crippen LogP contribution in [0, 0.1) is 11.5 Å². The number of rotatable bonds is 1. The summed E-state index contributed by atoms with van der Waals surface area (Å²) in [4.78, 5) is 3.23. The van der Waals surface area contributed by atoms with E-state index < -0.39 is 0 Å². The Hall–Kier alpha value is -0.490. The summed E-state index contributed by atoms with van der Waals surface area (Å²) >= 11 is 1.41. The van der Waals surface area contributed by atoms with Gasteiger partial charge in [0.1, 0.15) is 0 Å². The molecule has 0 fully saturated rings. The first kappa shape index (κ1) is 5.51. The topological polar surface area (TPSA) is 36.1 Å². The molecule has 0 saturated heterocycles. The summed E-state index contributed by atoms with van der Waals surface area (Å²) in [6.45, 7) is 0. The largest absolute Gasteiger partial charge is 0.206 e. The van der Waals surface area contributed by atoms with Gasteiger partial charge in [-0.2, -0.15) is 10.3 Å². The van der Waals surface area contributed by atoms with E-state index in [1.165, 1.54) is 17.3 Å². The number of nitriles is 1. The van der Waals surface area contributed by atoms with Crippen molar-refractivity contribution in [1.82, 2.24) is 0 Å². The summed E-state index contributed by atoms with van der Waals surface area (Å²) in [6, 6.07) is 0. The quantitative estimate of drug-likeness (QED) is 0.278. The van der Waals surface area contributed by atoms with Crippen LogP contribution in [0.5, 0.6) is 0 Å². The molecule has 0 aromatic carbocycles. The predicted octanol–water partition coefficient (Wildman–Crippen LogP) is 0.859. The fourth-order valence-corrected chi connectivity index (χ4v) is 0.229. The normalized spacial score (nSPS) is 8.67. The highest BCUT2D eigenvalue weighted by Crippen LogP contribution is 1.79. The molecule has 0 aliphatic heterocycles. The zero-order valence-corrected chi connectivity index (χ0v) is 4.20. The highest BCUT2D eigenvalue weighted by atomic mass is 32.2. The number of nitrogens with zero attached hydrogens (tertiary/aromatic N) is 2. The first-order chi connectivity index (χ1) is 2.91. The van der Waals surface area contributed by atoms with Crippen molar-refractivity contribution in [2.24, 2.45) is 4.99 Å². The van der Waals surface area contributed by atoms with Gasteiger partial charge in [-0.15, -0.1) is 11.8 Å². The van der Waals surface area contributed by atoms with Crippen LogP contribution < -0.4 is 0 Å². The predicted molar refractivity (Wildman–Crippen MR) is 27.6 cm³/mol. The van der Waals surface area contributed by atoms with Crippen molar-refractivity contribution in [3.05, 3.63) is 0 Å². The molecule has 0 heterocycles. The molecule has 0 aromatic rings. The molecule has 0 amide bonds. The van der Waals surface area contributed by atoms with Gasteiger partial charge in [-0.25, -0.2) is 0 Å². The Morgan fingerprint density at radius 2 is 2.67 bits per heavy atom. The van der Waals surface area contributed by atoms with Gasteiger partial charge in [0.15, 0.2) is 0 Å². The van der Waals surface area contributed by atoms with Crippen molar-refractivity contribution in [3.63, 3.8) is 0 Å². The van der Waals surface area contributed by atoms with E-state index >= 15 is 0 Å². The molecule has 0 saturated carbocycles. The fourth-order valence-electron chi connectivity index (χ4n) is 0.0763. The molecule has 0 bridgehead atoms. The highest BCUT2D eigenvalue weighted by molar-refractivity contribution is 8.11. The maximum atomic E-state index is 7.74. The van der Waals surface area contributed by atoms with E-state index in [2.05, 4.69) is 4.99 Å². The van der Waals surface area contributed by atoms with Crippen LogP contribution in [-0.2, 0) is 0 Å². The number of hydrogen-bond donors (Lipinski definition) is 0. The van der Waals surface area contributed by atoms with E-state index in [0.717, 1.165) is 0 Å². The van der Waals surface area contributed by atoms with Crippen LogP contribution in [0.2, 0.25) is 0 Å². The molecule has 0 N–H and O–H groups in total. The van der Waals surface area contributed by atoms with E-state index in [4.69, 9.17) is 5.26 Å². The summed E-state index contributed by atoms with van der Waals surface area (Å²) in [5, 5.41) is 7.74. The number of aliphatic imine (C=N–C) groups is 1. The molecule has 32 valence electrons. The van der Waals surface area contributed by atoms with E-state index in [0.29, 0.717) is 0 Å². The van der Waals surface area contributed by atoms with Gasteiger partial charge in [0.2, 0.25) is 6.19 Å². The smallest absolute Gasteiger partial charge is 0.175 e. The summed E-state index contributed by atoms with van der Waals surface area (Å²) in [7, 11) is 0. The molecule has 0 spiro atoms. The Kier molecular flexibility index (Phi) is 4.14. The van der Waals surface area contributed by atoms with Crippen LogP contribution in [0.3, 0.4) is 0 Å². The van der Waals surface area contributed by atoms with E-state index in [-0.39, 0.29) is 0 Å². The molecule has 6 heavy (non-hydrogen) atoms. The summed E-state index contributed by atoms with van der Waals surface area (Å²) in [5.41, 5.74) is 1.49. The summed E-state index contributed by atoms with van der Waals surface area (Å²) < 4.78 is 0. The number of hydrogen-bond acceptors (Lipinski definition) is 3. The molecule has 2 nitrogen and oxygen atoms in total. The van der Waals surface area contributed by atoms with E-state index in [9.17, 15) is 0 Å². The van der Waals surface area contributed by atoms with Crippen molar-refractivity contribution in [1.29, 1.82) is 5.26 Å². The molecular formula is C3H4N2S. The van der Waals surface area contributed by atoms with Crippen LogP contribution in [-0.4, -0.2) is 11.8 Å². The van der Waals surface area contributed by atoms with Crippen LogP contribution in [0.1, 0.15) is 0 Å². The average Bonchev–Trinajstić information content (AvgIpc) is 1.61. The Morgan fingerprint density at radius 1 is 2.00 bits per heavy atom. The van der Waals surface area contributed by atoms with Crippen molar-refractivity contribution in [2.75, 3.05) is 6.26 Å². The second kappa shape index (κ2) is 4.51. The van der Waals surface area contributed by atoms with Crippen LogP contribution in [0.25, 0.3) is 0 Å². The maximum Gasteiger partial charge on any atom is 0.206 e. The molecule has 0 aromatic heterocycles. The molecule has 0 radical (unpaired) electrons. The molecule has 0 aliphatic rings. The van der Waals surface area contributed by atoms with Crippen molar-refractivity contribution in [2.45, 2.75) is 0 Å². The Labute approximate surface area is 40.9 Å². The lowest BCUT2D eigenvalue weighted by Gasteiger charge is -1.63. The van der Waals surface area contributed by atoms with Gasteiger partial charge in [-0.1, -0.05) is 0 Å². The Balaban J connectivity index is 3.02. The molecule has 3 heteroatoms. The lowest BCUT2D eigenvalue weighted by molar-refractivity contribution is 1.45. The number of thioether (sulfide) groups is 1. The highest BCUT2D eigenvalue weighted by Gasteiger charge is 1.58. The summed E-state index contributed by atoms with van der Waals surface area (Å²) in [6.07, 6.45) is 3.47. The molecular weight excluding hydrogens is 96.1 g/mol. The average molecular weight is 100 g/mol. The zero-order chi connectivity index (χ0) is 4.83. The minimum Gasteiger partial charge on any atom is -0.175 e. The first-order valence-electron chi connectivity index (χ1n) is 1.35. The molecule has 0 atom stereocenters. The van der Waals surface area contributed by atoms with Gasteiger partial charge >= 0.3 is 0 Å². The molecule has 0 rings (SSSR count). The second-order valence-corrected chi connectivity index (χ2v) is 1.25. The Morgan fingerprint density at radius 3 is 2.83 bits per heavy atom. The van der Waals surface area contributed by atoms with Crippen molar-refractivity contribution >= 4 is 17.3 Å². The minimum absolute atomic E-state index is 1.41. The standard InChI is InChI=1S/C3H4N2S/c1-6-3-5-2-4/h3H,1H3. The van der Waals surface area contributed by atoms with Gasteiger partial charge in [-0.3, -0.25) is 0 Å². The minimum atomic E-state index is 1.41. The third-order valence-electron chi connectivity index (χ3n) is 0.216. The third-order valence-corrected chi connectivity index (χ3v) is 0.532.